The van der Waals surface area contributed by atoms with Crippen LogP contribution in [0.4, 0.5) is 4.79 Å². The molecule has 0 aliphatic carbocycles. The van der Waals surface area contributed by atoms with Crippen molar-refractivity contribution in [2.24, 2.45) is 5.73 Å². The minimum Gasteiger partial charge on any atom is -0.399 e. The number of carbonyl (C=O) groups excluding carboxylic acids is 1. The molecule has 2 N–H and O–H groups in total. The first-order chi connectivity index (χ1) is 3.98. The van der Waals surface area contributed by atoms with Crippen LogP contribution in [0, 0.1) is 0 Å². The lowest BCUT2D eigenvalue weighted by Crippen LogP contribution is -2.03. The molecule has 0 aromatic rings. The number of carbonyl (C=O) groups is 1. The van der Waals surface area contributed by atoms with Gasteiger partial charge in [0.25, 0.3) is 7.37 Å². The van der Waals surface area contributed by atoms with E-state index in [-0.39, 0.29) is 6.29 Å². The highest BCUT2D eigenvalue weighted by Crippen LogP contribution is 2.40. The predicted molar refractivity (Wildman–Crippen MR) is 34.9 cm³/mol. The van der Waals surface area contributed by atoms with Crippen LogP contribution >= 0.6 is 19.0 Å². The maximum Gasteiger partial charge on any atom is 0.408 e. The molecule has 54 valence electrons. The minimum atomic E-state index is -2.93. The van der Waals surface area contributed by atoms with Crippen molar-refractivity contribution in [3.63, 3.8) is 0 Å². The second-order valence-electron chi connectivity index (χ2n) is 1.53. The molecule has 0 aromatic carbocycles. The van der Waals surface area contributed by atoms with Crippen molar-refractivity contribution in [3.05, 3.63) is 0 Å². The topological polar surface area (TPSA) is 69.4 Å². The summed E-state index contributed by atoms with van der Waals surface area (Å²) >= 11 is 4.75. The molecule has 4 nitrogen and oxygen atoms in total. The highest BCUT2D eigenvalue weighted by atomic mass is 35.5. The highest BCUT2D eigenvalue weighted by Gasteiger charge is 2.16. The Hall–Kier alpha value is -0.0500. The summed E-state index contributed by atoms with van der Waals surface area (Å²) in [5.41, 5.74) is 3.88. The summed E-state index contributed by atoms with van der Waals surface area (Å²) in [6.07, 6.45) is -0.175. The van der Waals surface area contributed by atoms with Crippen molar-refractivity contribution in [3.8, 4) is 0 Å². The molecule has 0 saturated heterocycles. The molecule has 0 amide bonds. The van der Waals surface area contributed by atoms with E-state index in [9.17, 15) is 9.36 Å². The Balaban J connectivity index is 3.88. The molecule has 0 aromatic heterocycles. The molecule has 0 aliphatic heterocycles. The fraction of sp³-hybridized carbons (Fsp3) is 0.667. The van der Waals surface area contributed by atoms with Gasteiger partial charge in [-0.25, -0.2) is 4.79 Å². The second kappa shape index (κ2) is 3.20. The Morgan fingerprint density at radius 2 is 2.33 bits per heavy atom. The van der Waals surface area contributed by atoms with E-state index < -0.39 is 12.8 Å². The standard InChI is InChI=1S/C3H7ClNO3P/c1-9(7,2-5)8-3(4)6/h2,5H2,1H3. The Labute approximate surface area is 57.8 Å². The zero-order valence-corrected chi connectivity index (χ0v) is 6.48. The maximum absolute atomic E-state index is 10.7. The first kappa shape index (κ1) is 8.95. The lowest BCUT2D eigenvalue weighted by molar-refractivity contribution is 0.226. The van der Waals surface area contributed by atoms with Gasteiger partial charge in [0.2, 0.25) is 0 Å². The molecule has 0 saturated carbocycles. The summed E-state index contributed by atoms with van der Waals surface area (Å²) in [6, 6.07) is 0. The normalized spacial score (nSPS) is 16.3. The van der Waals surface area contributed by atoms with Crippen molar-refractivity contribution in [2.75, 3.05) is 13.0 Å². The fourth-order valence-corrected chi connectivity index (χ4v) is 1.01. The third kappa shape index (κ3) is 4.45. The average Bonchev–Trinajstić information content (AvgIpc) is 1.63. The Bertz CT molecular complexity index is 159. The summed E-state index contributed by atoms with van der Waals surface area (Å²) in [5.74, 6) is 0. The van der Waals surface area contributed by atoms with Gasteiger partial charge in [-0.15, -0.1) is 0 Å². The van der Waals surface area contributed by atoms with Crippen LogP contribution in [0.25, 0.3) is 0 Å². The van der Waals surface area contributed by atoms with Gasteiger partial charge in [0, 0.05) is 18.3 Å². The summed E-state index contributed by atoms with van der Waals surface area (Å²) in [6.45, 7) is 1.24. The molecule has 6 heteroatoms. The van der Waals surface area contributed by atoms with Gasteiger partial charge in [-0.05, 0) is 0 Å². The zero-order chi connectivity index (χ0) is 7.49. The molecule has 0 fully saturated rings. The number of nitrogens with two attached hydrogens (primary N) is 1. The largest absolute Gasteiger partial charge is 0.408 e. The predicted octanol–water partition coefficient (Wildman–Crippen LogP) is 1.19. The maximum atomic E-state index is 10.7. The van der Waals surface area contributed by atoms with E-state index in [2.05, 4.69) is 4.52 Å². The summed E-state index contributed by atoms with van der Waals surface area (Å²) in [7, 11) is -2.93. The van der Waals surface area contributed by atoms with Crippen LogP contribution in [0.1, 0.15) is 0 Å². The molecule has 0 heterocycles. The summed E-state index contributed by atoms with van der Waals surface area (Å²) in [4.78, 5) is 9.93. The van der Waals surface area contributed by atoms with E-state index in [4.69, 9.17) is 17.3 Å². The molecule has 9 heavy (non-hydrogen) atoms. The van der Waals surface area contributed by atoms with Gasteiger partial charge in [-0.2, -0.15) is 0 Å². The summed E-state index contributed by atoms with van der Waals surface area (Å²) < 4.78 is 14.9. The van der Waals surface area contributed by atoms with Gasteiger partial charge >= 0.3 is 5.43 Å². The molecular formula is C3H7ClNO3P. The third-order valence-electron chi connectivity index (χ3n) is 0.597. The Morgan fingerprint density at radius 3 is 2.44 bits per heavy atom. The van der Waals surface area contributed by atoms with Gasteiger partial charge in [0.1, 0.15) is 0 Å². The molecule has 1 atom stereocenters. The van der Waals surface area contributed by atoms with Gasteiger partial charge in [-0.1, -0.05) is 0 Å². The van der Waals surface area contributed by atoms with Crippen LogP contribution in [-0.2, 0) is 9.09 Å². The van der Waals surface area contributed by atoms with Gasteiger partial charge in [-0.3, -0.25) is 4.57 Å². The fourth-order valence-electron chi connectivity index (χ4n) is 0.189. The van der Waals surface area contributed by atoms with Crippen molar-refractivity contribution in [1.82, 2.24) is 0 Å². The number of rotatable bonds is 2. The first-order valence-electron chi connectivity index (χ1n) is 2.13. The van der Waals surface area contributed by atoms with E-state index in [1.54, 1.807) is 0 Å². The Kier molecular flexibility index (Phi) is 3.18. The van der Waals surface area contributed by atoms with Gasteiger partial charge in [0.15, 0.2) is 0 Å². The van der Waals surface area contributed by atoms with Crippen LogP contribution in [0.2, 0.25) is 0 Å². The van der Waals surface area contributed by atoms with E-state index in [0.717, 1.165) is 0 Å². The minimum absolute atomic E-state index is 0.175. The molecule has 0 rings (SSSR count). The quantitative estimate of drug-likeness (QED) is 0.500. The van der Waals surface area contributed by atoms with Crippen LogP contribution in [0.5, 0.6) is 0 Å². The van der Waals surface area contributed by atoms with E-state index in [0.29, 0.717) is 0 Å². The molecule has 0 bridgehead atoms. The van der Waals surface area contributed by atoms with Gasteiger partial charge < -0.3 is 10.3 Å². The lowest BCUT2D eigenvalue weighted by atomic mass is 11.5. The van der Waals surface area contributed by atoms with Crippen LogP contribution in [0.3, 0.4) is 0 Å². The number of hydrogen-bond donors (Lipinski definition) is 1. The second-order valence-corrected chi connectivity index (χ2v) is 4.41. The molecule has 0 radical (unpaired) electrons. The monoisotopic (exact) mass is 171 g/mol. The van der Waals surface area contributed by atoms with E-state index >= 15 is 0 Å². The first-order valence-corrected chi connectivity index (χ1v) is 4.77. The van der Waals surface area contributed by atoms with Crippen molar-refractivity contribution in [1.29, 1.82) is 0 Å². The van der Waals surface area contributed by atoms with Crippen molar-refractivity contribution < 1.29 is 13.9 Å². The van der Waals surface area contributed by atoms with Crippen LogP contribution < -0.4 is 5.73 Å². The average molecular weight is 172 g/mol. The highest BCUT2D eigenvalue weighted by molar-refractivity contribution is 7.58. The summed E-state index contributed by atoms with van der Waals surface area (Å²) in [5, 5.41) is 0. The van der Waals surface area contributed by atoms with E-state index in [1.165, 1.54) is 6.66 Å². The molecule has 1 unspecified atom stereocenters. The van der Waals surface area contributed by atoms with Crippen molar-refractivity contribution in [2.45, 2.75) is 0 Å². The molecule has 0 aliphatic rings. The van der Waals surface area contributed by atoms with Crippen LogP contribution in [-0.4, -0.2) is 18.4 Å². The number of halogens is 1. The zero-order valence-electron chi connectivity index (χ0n) is 4.83. The van der Waals surface area contributed by atoms with Crippen LogP contribution in [0.15, 0.2) is 0 Å². The molecule has 0 spiro atoms. The lowest BCUT2D eigenvalue weighted by Gasteiger charge is -2.06. The smallest absolute Gasteiger partial charge is 0.399 e. The third-order valence-corrected chi connectivity index (χ3v) is 2.00. The van der Waals surface area contributed by atoms with Crippen molar-refractivity contribution >= 4 is 24.4 Å². The van der Waals surface area contributed by atoms with E-state index in [1.807, 2.05) is 0 Å². The SMILES string of the molecule is CP(=O)(CN)OC(=O)Cl. The number of hydrogen-bond acceptors (Lipinski definition) is 4. The Morgan fingerprint density at radius 1 is 1.89 bits per heavy atom. The van der Waals surface area contributed by atoms with Gasteiger partial charge in [0.05, 0.1) is 6.29 Å². The molecular weight excluding hydrogens is 164 g/mol.